The van der Waals surface area contributed by atoms with Crippen LogP contribution in [0.4, 0.5) is 10.1 Å². The monoisotopic (exact) mass is 328 g/mol. The lowest BCUT2D eigenvalue weighted by Crippen LogP contribution is -2.38. The van der Waals surface area contributed by atoms with Crippen LogP contribution in [0.5, 0.6) is 0 Å². The van der Waals surface area contributed by atoms with E-state index < -0.39 is 17.5 Å². The highest BCUT2D eigenvalue weighted by Crippen LogP contribution is 2.36. The van der Waals surface area contributed by atoms with E-state index in [4.69, 9.17) is 0 Å². The van der Waals surface area contributed by atoms with E-state index in [-0.39, 0.29) is 5.56 Å². The van der Waals surface area contributed by atoms with Gasteiger partial charge in [0.15, 0.2) is 0 Å². The predicted molar refractivity (Wildman–Crippen MR) is 73.9 cm³/mol. The maximum atomic E-state index is 13.3. The van der Waals surface area contributed by atoms with Crippen molar-refractivity contribution in [3.05, 3.63) is 28.0 Å². The standard InChI is InChI=1S/C13H14BrFN2O2/c1-7(2)16-3-4-17-11-9(12(18)13(17)19)5-8(15)6-10(11)14/h5-7,16H,3-4H2,1-2H3. The van der Waals surface area contributed by atoms with Crippen molar-refractivity contribution in [3.63, 3.8) is 0 Å². The van der Waals surface area contributed by atoms with Crippen molar-refractivity contribution in [1.29, 1.82) is 0 Å². The number of carbonyl (C=O) groups excluding carboxylic acids is 2. The van der Waals surface area contributed by atoms with E-state index in [1.54, 1.807) is 0 Å². The molecule has 102 valence electrons. The average Bonchev–Trinajstić information content (AvgIpc) is 2.54. The minimum absolute atomic E-state index is 0.126. The Morgan fingerprint density at radius 3 is 2.68 bits per heavy atom. The molecule has 0 spiro atoms. The van der Waals surface area contributed by atoms with E-state index in [2.05, 4.69) is 21.2 Å². The Labute approximate surface area is 119 Å². The van der Waals surface area contributed by atoms with Crippen LogP contribution < -0.4 is 10.2 Å². The second-order valence-corrected chi connectivity index (χ2v) is 5.53. The number of ketones is 1. The predicted octanol–water partition coefficient (Wildman–Crippen LogP) is 2.12. The number of hydrogen-bond donors (Lipinski definition) is 1. The van der Waals surface area contributed by atoms with Gasteiger partial charge in [-0.25, -0.2) is 4.39 Å². The minimum Gasteiger partial charge on any atom is -0.313 e. The summed E-state index contributed by atoms with van der Waals surface area (Å²) in [6.07, 6.45) is 0. The molecule has 2 rings (SSSR count). The van der Waals surface area contributed by atoms with Gasteiger partial charge in [0.1, 0.15) is 5.82 Å². The lowest BCUT2D eigenvalue weighted by atomic mass is 10.1. The van der Waals surface area contributed by atoms with Gasteiger partial charge < -0.3 is 10.2 Å². The summed E-state index contributed by atoms with van der Waals surface area (Å²) in [6, 6.07) is 2.66. The number of nitrogens with zero attached hydrogens (tertiary/aromatic N) is 1. The maximum absolute atomic E-state index is 13.3. The van der Waals surface area contributed by atoms with E-state index in [9.17, 15) is 14.0 Å². The molecule has 1 aliphatic rings. The zero-order valence-electron chi connectivity index (χ0n) is 10.7. The molecule has 0 aliphatic carbocycles. The molecule has 1 aliphatic heterocycles. The highest BCUT2D eigenvalue weighted by Gasteiger charge is 2.37. The molecule has 4 nitrogen and oxygen atoms in total. The van der Waals surface area contributed by atoms with Gasteiger partial charge >= 0.3 is 0 Å². The molecule has 1 aromatic carbocycles. The van der Waals surface area contributed by atoms with Crippen LogP contribution in [0.2, 0.25) is 0 Å². The smallest absolute Gasteiger partial charge is 0.299 e. The van der Waals surface area contributed by atoms with Crippen molar-refractivity contribution in [2.24, 2.45) is 0 Å². The number of amides is 1. The van der Waals surface area contributed by atoms with Crippen LogP contribution >= 0.6 is 15.9 Å². The number of benzene rings is 1. The summed E-state index contributed by atoms with van der Waals surface area (Å²) in [5, 5.41) is 3.17. The first-order chi connectivity index (χ1) is 8.91. The Balaban J connectivity index is 2.28. The fourth-order valence-corrected chi connectivity index (χ4v) is 2.68. The molecular weight excluding hydrogens is 315 g/mol. The normalized spacial score (nSPS) is 14.5. The number of hydrogen-bond acceptors (Lipinski definition) is 3. The third-order valence-corrected chi connectivity index (χ3v) is 3.47. The summed E-state index contributed by atoms with van der Waals surface area (Å²) >= 11 is 3.21. The first-order valence-corrected chi connectivity index (χ1v) is 6.79. The van der Waals surface area contributed by atoms with E-state index in [1.165, 1.54) is 11.0 Å². The van der Waals surface area contributed by atoms with Gasteiger partial charge in [-0.15, -0.1) is 0 Å². The van der Waals surface area contributed by atoms with Crippen LogP contribution in [0.3, 0.4) is 0 Å². The summed E-state index contributed by atoms with van der Waals surface area (Å²) in [6.45, 7) is 4.94. The van der Waals surface area contributed by atoms with Crippen molar-refractivity contribution < 1.29 is 14.0 Å². The highest BCUT2D eigenvalue weighted by molar-refractivity contribution is 9.10. The zero-order valence-corrected chi connectivity index (χ0v) is 12.3. The van der Waals surface area contributed by atoms with Crippen LogP contribution in [0.1, 0.15) is 24.2 Å². The molecular formula is C13H14BrFN2O2. The van der Waals surface area contributed by atoms with Gasteiger partial charge in [-0.1, -0.05) is 13.8 Å². The average molecular weight is 329 g/mol. The number of rotatable bonds is 4. The van der Waals surface area contributed by atoms with Crippen LogP contribution in [0, 0.1) is 5.82 Å². The number of nitrogens with one attached hydrogen (secondary N) is 1. The first-order valence-electron chi connectivity index (χ1n) is 6.00. The topological polar surface area (TPSA) is 49.4 Å². The molecule has 1 aromatic rings. The third-order valence-electron chi connectivity index (χ3n) is 2.87. The van der Waals surface area contributed by atoms with Gasteiger partial charge in [0.05, 0.1) is 11.3 Å². The van der Waals surface area contributed by atoms with Crippen LogP contribution in [-0.2, 0) is 4.79 Å². The number of halogens is 2. The Morgan fingerprint density at radius 1 is 1.37 bits per heavy atom. The van der Waals surface area contributed by atoms with Gasteiger partial charge in [0.2, 0.25) is 0 Å². The van der Waals surface area contributed by atoms with E-state index >= 15 is 0 Å². The Kier molecular flexibility index (Phi) is 4.01. The first kappa shape index (κ1) is 14.1. The van der Waals surface area contributed by atoms with Gasteiger partial charge in [-0.2, -0.15) is 0 Å². The molecule has 0 radical (unpaired) electrons. The molecule has 0 aromatic heterocycles. The van der Waals surface area contributed by atoms with E-state index in [1.807, 2.05) is 13.8 Å². The SMILES string of the molecule is CC(C)NCCN1C(=O)C(=O)c2cc(F)cc(Br)c21. The largest absolute Gasteiger partial charge is 0.313 e. The molecule has 1 N–H and O–H groups in total. The lowest BCUT2D eigenvalue weighted by Gasteiger charge is -2.19. The van der Waals surface area contributed by atoms with E-state index in [0.29, 0.717) is 29.3 Å². The molecule has 19 heavy (non-hydrogen) atoms. The number of anilines is 1. The fourth-order valence-electron chi connectivity index (χ4n) is 2.03. The van der Waals surface area contributed by atoms with Crippen LogP contribution in [0.25, 0.3) is 0 Å². The number of Topliss-reactive ketones (excluding diaryl/α,β-unsaturated/α-hetero) is 1. The molecule has 1 amide bonds. The molecule has 1 heterocycles. The molecule has 0 fully saturated rings. The lowest BCUT2D eigenvalue weighted by molar-refractivity contribution is -0.114. The highest BCUT2D eigenvalue weighted by atomic mass is 79.9. The van der Waals surface area contributed by atoms with Crippen molar-refractivity contribution >= 4 is 33.3 Å². The second kappa shape index (κ2) is 5.38. The molecule has 0 bridgehead atoms. The molecule has 6 heteroatoms. The summed E-state index contributed by atoms with van der Waals surface area (Å²) in [7, 11) is 0. The molecule has 0 saturated heterocycles. The summed E-state index contributed by atoms with van der Waals surface area (Å²) in [4.78, 5) is 25.1. The van der Waals surface area contributed by atoms with Gasteiger partial charge in [0.25, 0.3) is 11.7 Å². The van der Waals surface area contributed by atoms with Crippen LogP contribution in [0.15, 0.2) is 16.6 Å². The van der Waals surface area contributed by atoms with Crippen molar-refractivity contribution in [1.82, 2.24) is 5.32 Å². The van der Waals surface area contributed by atoms with Gasteiger partial charge in [0, 0.05) is 23.6 Å². The fraction of sp³-hybridized carbons (Fsp3) is 0.385. The maximum Gasteiger partial charge on any atom is 0.299 e. The van der Waals surface area contributed by atoms with Crippen molar-refractivity contribution in [2.75, 3.05) is 18.0 Å². The Bertz CT molecular complexity index is 546. The summed E-state index contributed by atoms with van der Waals surface area (Å²) < 4.78 is 13.7. The molecule has 0 unspecified atom stereocenters. The second-order valence-electron chi connectivity index (χ2n) is 4.68. The van der Waals surface area contributed by atoms with Gasteiger partial charge in [-0.3, -0.25) is 9.59 Å². The summed E-state index contributed by atoms with van der Waals surface area (Å²) in [5.41, 5.74) is 0.586. The third kappa shape index (κ3) is 2.69. The Hall–Kier alpha value is -1.27. The Morgan fingerprint density at radius 2 is 2.05 bits per heavy atom. The van der Waals surface area contributed by atoms with Crippen molar-refractivity contribution in [3.8, 4) is 0 Å². The molecule has 0 saturated carbocycles. The number of fused-ring (bicyclic) bond motifs is 1. The van der Waals surface area contributed by atoms with E-state index in [0.717, 1.165) is 6.07 Å². The van der Waals surface area contributed by atoms with Gasteiger partial charge in [-0.05, 0) is 28.1 Å². The quantitative estimate of drug-likeness (QED) is 0.861. The zero-order chi connectivity index (χ0) is 14.2. The molecule has 0 atom stereocenters. The van der Waals surface area contributed by atoms with Crippen LogP contribution in [-0.4, -0.2) is 30.8 Å². The minimum atomic E-state index is -0.653. The van der Waals surface area contributed by atoms with Crippen molar-refractivity contribution in [2.45, 2.75) is 19.9 Å². The summed E-state index contributed by atoms with van der Waals surface area (Å²) in [5.74, 6) is -1.79. The number of carbonyl (C=O) groups is 2.